The van der Waals surface area contributed by atoms with Gasteiger partial charge in [-0.1, -0.05) is 24.3 Å². The van der Waals surface area contributed by atoms with Crippen molar-refractivity contribution in [3.8, 4) is 17.3 Å². The third-order valence-electron chi connectivity index (χ3n) is 6.87. The van der Waals surface area contributed by atoms with Gasteiger partial charge >= 0.3 is 6.09 Å². The number of nitrogens with zero attached hydrogens (tertiary/aromatic N) is 6. The van der Waals surface area contributed by atoms with Crippen LogP contribution < -0.4 is 11.1 Å². The first-order valence-corrected chi connectivity index (χ1v) is 13.5. The van der Waals surface area contributed by atoms with Gasteiger partial charge in [0, 0.05) is 30.8 Å². The van der Waals surface area contributed by atoms with E-state index >= 15 is 0 Å². The number of rotatable bonds is 5. The van der Waals surface area contributed by atoms with E-state index in [1.165, 1.54) is 6.33 Å². The summed E-state index contributed by atoms with van der Waals surface area (Å²) in [5.41, 5.74) is 9.73. The van der Waals surface area contributed by atoms with E-state index in [-0.39, 0.29) is 18.0 Å². The van der Waals surface area contributed by atoms with Crippen molar-refractivity contribution in [1.82, 2.24) is 30.0 Å². The SMILES string of the molecule is CC(C)(C)OC(=O)N1CCC[C@@H](n2nc(-c3ccc(CNC(=O)c4ccc(C#N)cc4)cc3)c3c(N)ncnc32)C1. The monoisotopic (exact) mass is 552 g/mol. The Morgan fingerprint density at radius 2 is 1.85 bits per heavy atom. The first kappa shape index (κ1) is 27.6. The maximum Gasteiger partial charge on any atom is 0.410 e. The lowest BCUT2D eigenvalue weighted by molar-refractivity contribution is 0.0169. The third-order valence-corrected chi connectivity index (χ3v) is 6.87. The minimum absolute atomic E-state index is 0.0986. The van der Waals surface area contributed by atoms with Crippen LogP contribution in [0.25, 0.3) is 22.3 Å². The van der Waals surface area contributed by atoms with Gasteiger partial charge in [-0.25, -0.2) is 19.4 Å². The quantitative estimate of drug-likeness (QED) is 0.368. The first-order valence-electron chi connectivity index (χ1n) is 13.5. The number of fused-ring (bicyclic) bond motifs is 1. The van der Waals surface area contributed by atoms with Crippen molar-refractivity contribution in [2.24, 2.45) is 0 Å². The number of nitrogens with two attached hydrogens (primary N) is 1. The van der Waals surface area contributed by atoms with Crippen LogP contribution in [-0.4, -0.2) is 55.3 Å². The number of nitriles is 1. The lowest BCUT2D eigenvalue weighted by Crippen LogP contribution is -2.43. The molecule has 3 N–H and O–H groups in total. The lowest BCUT2D eigenvalue weighted by atomic mass is 10.1. The standard InChI is InChI=1S/C30H32N8O3/c1-30(2,3)41-29(40)37-14-4-5-23(17-37)38-27-24(26(32)34-18-35-27)25(36-38)21-10-8-20(9-11-21)16-33-28(39)22-12-6-19(15-31)7-13-22/h6-13,18,23H,4-5,14,16-17H2,1-3H3,(H,33,39)(H2,32,34,35)/t23-/m1/s1. The van der Waals surface area contributed by atoms with Gasteiger partial charge in [0.25, 0.3) is 5.91 Å². The van der Waals surface area contributed by atoms with Crippen LogP contribution in [-0.2, 0) is 11.3 Å². The Morgan fingerprint density at radius 1 is 1.12 bits per heavy atom. The second kappa shape index (κ2) is 11.3. The Hall–Kier alpha value is -4.98. The summed E-state index contributed by atoms with van der Waals surface area (Å²) in [7, 11) is 0. The average Bonchev–Trinajstić information content (AvgIpc) is 3.36. The van der Waals surface area contributed by atoms with Gasteiger partial charge in [0.2, 0.25) is 0 Å². The van der Waals surface area contributed by atoms with Crippen molar-refractivity contribution >= 4 is 28.9 Å². The van der Waals surface area contributed by atoms with Gasteiger partial charge in [0.05, 0.1) is 23.1 Å². The molecule has 2 amide bonds. The highest BCUT2D eigenvalue weighted by Gasteiger charge is 2.31. The second-order valence-electron chi connectivity index (χ2n) is 11.0. The van der Waals surface area contributed by atoms with Crippen LogP contribution in [0, 0.1) is 11.3 Å². The molecule has 3 heterocycles. The van der Waals surface area contributed by atoms with Gasteiger partial charge in [0.15, 0.2) is 5.65 Å². The Kier molecular flexibility index (Phi) is 7.57. The molecule has 0 spiro atoms. The van der Waals surface area contributed by atoms with Crippen molar-refractivity contribution in [1.29, 1.82) is 5.26 Å². The summed E-state index contributed by atoms with van der Waals surface area (Å²) in [6, 6.07) is 16.1. The number of ether oxygens (including phenoxy) is 1. The van der Waals surface area contributed by atoms with Gasteiger partial charge < -0.3 is 20.7 Å². The minimum Gasteiger partial charge on any atom is -0.444 e. The molecular formula is C30H32N8O3. The summed E-state index contributed by atoms with van der Waals surface area (Å²) in [5.74, 6) is 0.107. The molecule has 0 aliphatic carbocycles. The fourth-order valence-electron chi connectivity index (χ4n) is 4.86. The number of hydrogen-bond donors (Lipinski definition) is 2. The first-order chi connectivity index (χ1) is 19.6. The van der Waals surface area contributed by atoms with Gasteiger partial charge in [-0.2, -0.15) is 10.4 Å². The molecule has 0 saturated carbocycles. The second-order valence-corrected chi connectivity index (χ2v) is 11.0. The van der Waals surface area contributed by atoms with Crippen LogP contribution >= 0.6 is 0 Å². The van der Waals surface area contributed by atoms with Crippen LogP contribution in [0.2, 0.25) is 0 Å². The van der Waals surface area contributed by atoms with Crippen molar-refractivity contribution in [3.63, 3.8) is 0 Å². The number of piperidine rings is 1. The van der Waals surface area contributed by atoms with Crippen molar-refractivity contribution in [3.05, 3.63) is 71.5 Å². The predicted octanol–water partition coefficient (Wildman–Crippen LogP) is 4.45. The zero-order valence-electron chi connectivity index (χ0n) is 23.3. The number of likely N-dealkylation sites (tertiary alicyclic amines) is 1. The van der Waals surface area contributed by atoms with Crippen LogP contribution in [0.5, 0.6) is 0 Å². The van der Waals surface area contributed by atoms with E-state index in [0.29, 0.717) is 53.3 Å². The number of carbonyl (C=O) groups excluding carboxylic acids is 2. The van der Waals surface area contributed by atoms with E-state index in [2.05, 4.69) is 15.3 Å². The van der Waals surface area contributed by atoms with Gasteiger partial charge in [-0.05, 0) is 63.4 Å². The molecule has 1 saturated heterocycles. The van der Waals surface area contributed by atoms with Crippen molar-refractivity contribution < 1.29 is 14.3 Å². The molecule has 4 aromatic rings. The summed E-state index contributed by atoms with van der Waals surface area (Å²) >= 11 is 0. The Morgan fingerprint density at radius 3 is 2.54 bits per heavy atom. The Balaban J connectivity index is 1.35. The molecule has 210 valence electrons. The molecule has 2 aromatic heterocycles. The van der Waals surface area contributed by atoms with Gasteiger partial charge in [0.1, 0.15) is 23.4 Å². The predicted molar refractivity (Wildman–Crippen MR) is 154 cm³/mol. The molecule has 1 atom stereocenters. The van der Waals surface area contributed by atoms with Crippen molar-refractivity contribution in [2.75, 3.05) is 18.8 Å². The molecular weight excluding hydrogens is 520 g/mol. The maximum absolute atomic E-state index is 12.8. The largest absolute Gasteiger partial charge is 0.444 e. The molecule has 5 rings (SSSR count). The summed E-state index contributed by atoms with van der Waals surface area (Å²) < 4.78 is 7.45. The number of hydrogen-bond acceptors (Lipinski definition) is 8. The zero-order valence-corrected chi connectivity index (χ0v) is 23.3. The number of anilines is 1. The zero-order chi connectivity index (χ0) is 29.1. The van der Waals surface area contributed by atoms with E-state index in [4.69, 9.17) is 20.8 Å². The molecule has 11 heteroatoms. The number of nitrogen functional groups attached to an aromatic ring is 1. The van der Waals surface area contributed by atoms with Gasteiger partial charge in [-0.3, -0.25) is 4.79 Å². The number of nitrogens with one attached hydrogen (secondary N) is 1. The number of aromatic nitrogens is 4. The number of amides is 2. The molecule has 0 radical (unpaired) electrons. The molecule has 41 heavy (non-hydrogen) atoms. The molecule has 1 fully saturated rings. The van der Waals surface area contributed by atoms with Crippen LogP contribution in [0.15, 0.2) is 54.9 Å². The van der Waals surface area contributed by atoms with Gasteiger partial charge in [-0.15, -0.1) is 0 Å². The average molecular weight is 553 g/mol. The van der Waals surface area contributed by atoms with E-state index < -0.39 is 5.60 Å². The number of benzene rings is 2. The molecule has 2 aromatic carbocycles. The summed E-state index contributed by atoms with van der Waals surface area (Å²) in [5, 5.41) is 17.4. The highest BCUT2D eigenvalue weighted by Crippen LogP contribution is 2.34. The topological polar surface area (TPSA) is 152 Å². The maximum atomic E-state index is 12.8. The van der Waals surface area contributed by atoms with Crippen LogP contribution in [0.3, 0.4) is 0 Å². The van der Waals surface area contributed by atoms with Crippen LogP contribution in [0.1, 0.15) is 61.1 Å². The summed E-state index contributed by atoms with van der Waals surface area (Å²) in [6.45, 7) is 6.97. The molecule has 0 bridgehead atoms. The molecule has 1 aliphatic heterocycles. The normalized spacial score (nSPS) is 15.4. The third kappa shape index (κ3) is 6.11. The van der Waals surface area contributed by atoms with Crippen LogP contribution in [0.4, 0.5) is 10.6 Å². The highest BCUT2D eigenvalue weighted by atomic mass is 16.6. The summed E-state index contributed by atoms with van der Waals surface area (Å²) in [4.78, 5) is 35.7. The Labute approximate surface area is 237 Å². The number of carbonyl (C=O) groups is 2. The van der Waals surface area contributed by atoms with E-state index in [9.17, 15) is 9.59 Å². The highest BCUT2D eigenvalue weighted by molar-refractivity contribution is 5.98. The summed E-state index contributed by atoms with van der Waals surface area (Å²) in [6.07, 6.45) is 2.73. The minimum atomic E-state index is -0.574. The molecule has 11 nitrogen and oxygen atoms in total. The van der Waals surface area contributed by atoms with Crippen molar-refractivity contribution in [2.45, 2.75) is 51.8 Å². The van der Waals surface area contributed by atoms with E-state index in [1.807, 2.05) is 55.8 Å². The van der Waals surface area contributed by atoms with E-state index in [1.54, 1.807) is 29.2 Å². The Bertz CT molecular complexity index is 1620. The molecule has 0 unspecified atom stereocenters. The fourth-order valence-corrected chi connectivity index (χ4v) is 4.86. The molecule has 1 aliphatic rings. The smallest absolute Gasteiger partial charge is 0.410 e. The van der Waals surface area contributed by atoms with E-state index in [0.717, 1.165) is 24.0 Å². The fraction of sp³-hybridized carbons (Fsp3) is 0.333. The lowest BCUT2D eigenvalue weighted by Gasteiger charge is -2.34.